The SMILES string of the molecule is CC(=O)Nc1ccc(S(=O)(=O)NC(CN)C2CC2)c2ccccc12. The fourth-order valence-corrected chi connectivity index (χ4v) is 4.43. The van der Waals surface area contributed by atoms with E-state index in [0.29, 0.717) is 22.4 Å². The standard InChI is InChI=1S/C17H21N3O3S/c1-11(21)19-15-8-9-17(14-5-3-2-4-13(14)15)24(22,23)20-16(10-18)12-6-7-12/h2-5,8-9,12,16,20H,6-7,10,18H2,1H3,(H,19,21). The molecule has 2 aromatic carbocycles. The van der Waals surface area contributed by atoms with Crippen LogP contribution in [0.1, 0.15) is 19.8 Å². The molecule has 0 bridgehead atoms. The number of sulfonamides is 1. The normalized spacial score (nSPS) is 16.1. The van der Waals surface area contributed by atoms with Gasteiger partial charge in [0, 0.05) is 36.0 Å². The first-order chi connectivity index (χ1) is 11.4. The second-order valence-electron chi connectivity index (χ2n) is 6.14. The Balaban J connectivity index is 2.04. The van der Waals surface area contributed by atoms with E-state index in [1.54, 1.807) is 24.3 Å². The molecule has 1 unspecified atom stereocenters. The van der Waals surface area contributed by atoms with E-state index >= 15 is 0 Å². The lowest BCUT2D eigenvalue weighted by Gasteiger charge is -2.18. The first-order valence-electron chi connectivity index (χ1n) is 7.94. The minimum Gasteiger partial charge on any atom is -0.329 e. The van der Waals surface area contributed by atoms with Gasteiger partial charge in [-0.15, -0.1) is 0 Å². The lowest BCUT2D eigenvalue weighted by atomic mass is 10.1. The molecule has 1 fully saturated rings. The summed E-state index contributed by atoms with van der Waals surface area (Å²) in [6.07, 6.45) is 2.01. The van der Waals surface area contributed by atoms with Crippen LogP contribution in [0.25, 0.3) is 10.8 Å². The maximum atomic E-state index is 12.8. The highest BCUT2D eigenvalue weighted by Crippen LogP contribution is 2.34. The quantitative estimate of drug-likeness (QED) is 0.742. The molecule has 7 heteroatoms. The van der Waals surface area contributed by atoms with E-state index in [1.165, 1.54) is 13.0 Å². The van der Waals surface area contributed by atoms with Gasteiger partial charge < -0.3 is 11.1 Å². The number of anilines is 1. The van der Waals surface area contributed by atoms with Crippen LogP contribution in [0.15, 0.2) is 41.3 Å². The van der Waals surface area contributed by atoms with Crippen LogP contribution in [0.4, 0.5) is 5.69 Å². The van der Waals surface area contributed by atoms with Gasteiger partial charge >= 0.3 is 0 Å². The zero-order valence-corrected chi connectivity index (χ0v) is 14.3. The summed E-state index contributed by atoms with van der Waals surface area (Å²) in [5, 5.41) is 3.99. The van der Waals surface area contributed by atoms with E-state index in [0.717, 1.165) is 12.8 Å². The largest absolute Gasteiger partial charge is 0.329 e. The van der Waals surface area contributed by atoms with Crippen LogP contribution in [-0.2, 0) is 14.8 Å². The number of benzene rings is 2. The van der Waals surface area contributed by atoms with Crippen molar-refractivity contribution in [3.05, 3.63) is 36.4 Å². The van der Waals surface area contributed by atoms with Crippen molar-refractivity contribution in [2.75, 3.05) is 11.9 Å². The van der Waals surface area contributed by atoms with E-state index in [9.17, 15) is 13.2 Å². The summed E-state index contributed by atoms with van der Waals surface area (Å²) in [6.45, 7) is 1.70. The van der Waals surface area contributed by atoms with Crippen molar-refractivity contribution in [1.82, 2.24) is 4.72 Å². The van der Waals surface area contributed by atoms with E-state index < -0.39 is 10.0 Å². The third-order valence-corrected chi connectivity index (χ3v) is 5.78. The number of fused-ring (bicyclic) bond motifs is 1. The first kappa shape index (κ1) is 16.9. The van der Waals surface area contributed by atoms with Crippen LogP contribution in [0.5, 0.6) is 0 Å². The molecule has 0 radical (unpaired) electrons. The fourth-order valence-electron chi connectivity index (χ4n) is 2.90. The van der Waals surface area contributed by atoms with E-state index in [1.807, 2.05) is 6.07 Å². The summed E-state index contributed by atoms with van der Waals surface area (Å²) < 4.78 is 28.4. The van der Waals surface area contributed by atoms with Crippen LogP contribution in [-0.4, -0.2) is 26.9 Å². The molecule has 0 heterocycles. The molecule has 1 saturated carbocycles. The number of nitrogens with one attached hydrogen (secondary N) is 2. The van der Waals surface area contributed by atoms with Crippen molar-refractivity contribution in [2.45, 2.75) is 30.7 Å². The number of hydrogen-bond acceptors (Lipinski definition) is 4. The highest BCUT2D eigenvalue weighted by molar-refractivity contribution is 7.89. The molecular formula is C17H21N3O3S. The zero-order chi connectivity index (χ0) is 17.3. The Labute approximate surface area is 141 Å². The van der Waals surface area contributed by atoms with Crippen LogP contribution in [0.2, 0.25) is 0 Å². The topological polar surface area (TPSA) is 101 Å². The predicted molar refractivity (Wildman–Crippen MR) is 94.1 cm³/mol. The van der Waals surface area contributed by atoms with Gasteiger partial charge in [0.15, 0.2) is 0 Å². The smallest absolute Gasteiger partial charge is 0.241 e. The van der Waals surface area contributed by atoms with Gasteiger partial charge in [-0.25, -0.2) is 13.1 Å². The summed E-state index contributed by atoms with van der Waals surface area (Å²) in [5.74, 6) is 0.125. The Morgan fingerprint density at radius 3 is 2.46 bits per heavy atom. The molecule has 1 atom stereocenters. The second-order valence-corrected chi connectivity index (χ2v) is 7.82. The molecule has 4 N–H and O–H groups in total. The minimum absolute atomic E-state index is 0.200. The van der Waals surface area contributed by atoms with Gasteiger partial charge in [-0.1, -0.05) is 24.3 Å². The Bertz CT molecular complexity index is 876. The van der Waals surface area contributed by atoms with Crippen LogP contribution in [0.3, 0.4) is 0 Å². The molecule has 2 aromatic rings. The highest BCUT2D eigenvalue weighted by Gasteiger charge is 2.33. The molecule has 6 nitrogen and oxygen atoms in total. The molecular weight excluding hydrogens is 326 g/mol. The molecule has 1 aliphatic carbocycles. The van der Waals surface area contributed by atoms with Gasteiger partial charge in [-0.2, -0.15) is 0 Å². The number of carbonyl (C=O) groups excluding carboxylic acids is 1. The highest BCUT2D eigenvalue weighted by atomic mass is 32.2. The minimum atomic E-state index is -3.69. The molecule has 24 heavy (non-hydrogen) atoms. The van der Waals surface area contributed by atoms with Gasteiger partial charge in [0.05, 0.1) is 4.90 Å². The monoisotopic (exact) mass is 347 g/mol. The molecule has 0 spiro atoms. The number of rotatable bonds is 6. The average molecular weight is 347 g/mol. The van der Waals surface area contributed by atoms with Gasteiger partial charge in [-0.3, -0.25) is 4.79 Å². The molecule has 128 valence electrons. The molecule has 0 aromatic heterocycles. The molecule has 0 aliphatic heterocycles. The number of amides is 1. The molecule has 1 amide bonds. The lowest BCUT2D eigenvalue weighted by Crippen LogP contribution is -2.41. The fraction of sp³-hybridized carbons (Fsp3) is 0.353. The summed E-state index contributed by atoms with van der Waals surface area (Å²) >= 11 is 0. The van der Waals surface area contributed by atoms with E-state index in [4.69, 9.17) is 5.73 Å². The number of carbonyl (C=O) groups is 1. The lowest BCUT2D eigenvalue weighted by molar-refractivity contribution is -0.114. The summed E-state index contributed by atoms with van der Waals surface area (Å²) in [5.41, 5.74) is 6.31. The van der Waals surface area contributed by atoms with Crippen molar-refractivity contribution in [3.63, 3.8) is 0 Å². The van der Waals surface area contributed by atoms with Gasteiger partial charge in [0.25, 0.3) is 0 Å². The van der Waals surface area contributed by atoms with Crippen LogP contribution < -0.4 is 15.8 Å². The number of hydrogen-bond donors (Lipinski definition) is 3. The van der Waals surface area contributed by atoms with Crippen molar-refractivity contribution >= 4 is 32.4 Å². The Morgan fingerprint density at radius 2 is 1.88 bits per heavy atom. The molecule has 1 aliphatic rings. The summed E-state index contributed by atoms with van der Waals surface area (Å²) in [7, 11) is -3.69. The maximum absolute atomic E-state index is 12.8. The maximum Gasteiger partial charge on any atom is 0.241 e. The molecule has 3 rings (SSSR count). The predicted octanol–water partition coefficient (Wildman–Crippen LogP) is 1.81. The zero-order valence-electron chi connectivity index (χ0n) is 13.5. The Kier molecular flexibility index (Phi) is 4.58. The van der Waals surface area contributed by atoms with Crippen LogP contribution >= 0.6 is 0 Å². The molecule has 0 saturated heterocycles. The Morgan fingerprint density at radius 1 is 1.21 bits per heavy atom. The van der Waals surface area contributed by atoms with Crippen molar-refractivity contribution < 1.29 is 13.2 Å². The first-order valence-corrected chi connectivity index (χ1v) is 9.42. The second kappa shape index (κ2) is 6.51. The average Bonchev–Trinajstić information content (AvgIpc) is 3.37. The summed E-state index contributed by atoms with van der Waals surface area (Å²) in [4.78, 5) is 11.5. The van der Waals surface area contributed by atoms with Crippen LogP contribution in [0, 0.1) is 5.92 Å². The number of nitrogens with two attached hydrogens (primary N) is 1. The van der Waals surface area contributed by atoms with Gasteiger partial charge in [0.2, 0.25) is 15.9 Å². The van der Waals surface area contributed by atoms with Gasteiger partial charge in [0.1, 0.15) is 0 Å². The van der Waals surface area contributed by atoms with E-state index in [-0.39, 0.29) is 23.4 Å². The third kappa shape index (κ3) is 3.43. The Hall–Kier alpha value is -1.96. The third-order valence-electron chi connectivity index (χ3n) is 4.24. The van der Waals surface area contributed by atoms with Crippen molar-refractivity contribution in [2.24, 2.45) is 11.7 Å². The van der Waals surface area contributed by atoms with Crippen molar-refractivity contribution in [1.29, 1.82) is 0 Å². The van der Waals surface area contributed by atoms with Gasteiger partial charge in [-0.05, 0) is 30.9 Å². The summed E-state index contributed by atoms with van der Waals surface area (Å²) in [6, 6.07) is 10.0. The van der Waals surface area contributed by atoms with Crippen molar-refractivity contribution in [3.8, 4) is 0 Å². The van der Waals surface area contributed by atoms with E-state index in [2.05, 4.69) is 10.0 Å².